The van der Waals surface area contributed by atoms with Crippen molar-refractivity contribution in [2.24, 2.45) is 11.5 Å². The molecule has 2 aliphatic rings. The van der Waals surface area contributed by atoms with Gasteiger partial charge in [0.1, 0.15) is 0 Å². The van der Waals surface area contributed by atoms with E-state index in [-0.39, 0.29) is 63.7 Å². The monoisotopic (exact) mass is 1200 g/mol. The van der Waals surface area contributed by atoms with E-state index in [1.165, 1.54) is 44.5 Å². The van der Waals surface area contributed by atoms with E-state index in [4.69, 9.17) is 31.4 Å². The molecule has 0 saturated carbocycles. The van der Waals surface area contributed by atoms with Crippen molar-refractivity contribution in [2.45, 2.75) is 209 Å². The molecule has 83 heavy (non-hydrogen) atoms. The van der Waals surface area contributed by atoms with Gasteiger partial charge in [-0.25, -0.2) is 9.97 Å². The third-order valence-electron chi connectivity index (χ3n) is 16.8. The first-order valence-corrected chi connectivity index (χ1v) is 29.8. The average molecular weight is 1200 g/mol. The van der Waals surface area contributed by atoms with Crippen LogP contribution >= 0.6 is 0 Å². The molecule has 3 aromatic heterocycles. The van der Waals surface area contributed by atoms with Gasteiger partial charge in [0.05, 0.1) is 34.2 Å². The van der Waals surface area contributed by atoms with Crippen LogP contribution in [0.4, 0.5) is 0 Å². The summed E-state index contributed by atoms with van der Waals surface area (Å²) in [5.41, 5.74) is 38.1. The van der Waals surface area contributed by atoms with Crippen LogP contribution in [-0.2, 0) is 63.7 Å². The summed E-state index contributed by atoms with van der Waals surface area (Å²) in [7, 11) is 0. The Morgan fingerprint density at radius 2 is 0.470 bits per heavy atom. The summed E-state index contributed by atoms with van der Waals surface area (Å²) < 4.78 is 0. The van der Waals surface area contributed by atoms with Gasteiger partial charge in [0.2, 0.25) is 0 Å². The van der Waals surface area contributed by atoms with E-state index in [9.17, 15) is 0 Å². The zero-order valence-electron chi connectivity index (χ0n) is 54.7. The van der Waals surface area contributed by atoms with Gasteiger partial charge < -0.3 is 21.4 Å². The van der Waals surface area contributed by atoms with Gasteiger partial charge >= 0.3 is 20.4 Å². The van der Waals surface area contributed by atoms with Crippen molar-refractivity contribution in [2.75, 3.05) is 0 Å². The second-order valence-corrected chi connectivity index (χ2v) is 32.0. The van der Waals surface area contributed by atoms with Crippen molar-refractivity contribution >= 4 is 45.6 Å². The number of hydrogen-bond acceptors (Lipinski definition) is 4. The Hall–Kier alpha value is -6.26. The molecule has 6 nitrogen and oxygen atoms in total. The summed E-state index contributed by atoms with van der Waals surface area (Å²) in [6, 6.07) is 36.8. The molecule has 0 spiro atoms. The number of fused-ring (bicyclic) bond motifs is 8. The molecule has 0 amide bonds. The molecule has 438 valence electrons. The van der Waals surface area contributed by atoms with Gasteiger partial charge in [-0.3, -0.25) is 0 Å². The van der Waals surface area contributed by atoms with Crippen LogP contribution in [0.2, 0.25) is 0 Å². The summed E-state index contributed by atoms with van der Waals surface area (Å²) in [5.74, 6) is 0. The van der Waals surface area contributed by atoms with Crippen molar-refractivity contribution in [3.05, 3.63) is 164 Å². The molecule has 4 N–H and O–H groups in total. The number of aromatic nitrogens is 4. The first-order valence-electron chi connectivity index (χ1n) is 29.8. The maximum atomic E-state index is 7.59. The first kappa shape index (κ1) is 62.8. The predicted molar refractivity (Wildman–Crippen MR) is 354 cm³/mol. The maximum Gasteiger partial charge on any atom is 2.00 e. The number of hydrogen-bond donors (Lipinski definition) is 2. The maximum absolute atomic E-state index is 7.59. The summed E-state index contributed by atoms with van der Waals surface area (Å²) in [6.07, 6.45) is 4.39. The fraction of sp³-hybridized carbons (Fsp3) is 0.421. The van der Waals surface area contributed by atoms with Gasteiger partial charge in [-0.2, -0.15) is 0 Å². The molecular weight excluding hydrogens is 1100 g/mol. The van der Waals surface area contributed by atoms with Crippen LogP contribution in [0.25, 0.3) is 90.1 Å². The van der Waals surface area contributed by atoms with E-state index < -0.39 is 0 Å². The molecule has 7 heteroatoms. The van der Waals surface area contributed by atoms with E-state index in [2.05, 4.69) is 275 Å². The minimum atomic E-state index is -0.178. The van der Waals surface area contributed by atoms with Crippen LogP contribution in [0.5, 0.6) is 0 Å². The predicted octanol–water partition coefficient (Wildman–Crippen LogP) is 19.5. The minimum Gasteiger partial charge on any atom is -0.657 e. The van der Waals surface area contributed by atoms with Gasteiger partial charge in [-0.1, -0.05) is 263 Å². The number of nitrogens with two attached hydrogens (primary N) is 2. The average Bonchev–Trinajstić information content (AvgIpc) is 2.85. The molecule has 0 fully saturated rings. The molecule has 0 radical (unpaired) electrons. The molecule has 7 aromatic rings. The van der Waals surface area contributed by atoms with Gasteiger partial charge in [0.25, 0.3) is 0 Å². The molecule has 9 rings (SSSR count). The standard InChI is InChI=1S/C76H94N6.Pd/c1-69(2,3)47-31-43(32-48(39-47)70(4,5)6)61-55-25-26-56(79-55)62(44-33-49(71(7,8)9)40-50(34-44)72(10,11)12)58-28-30-60(81-58)64(46-37-53(75(19,20)21)42-54(38-46)76(22,23)24)68-66(78)65(77)67(82-68)63(59-29-27-57(61)80-59)45-35-51(73(13,14)15)41-52(36-45)74(16,17)18;/h25-42H,77-78H2,1-24H3;/q-2;+2. The van der Waals surface area contributed by atoms with Crippen molar-refractivity contribution in [3.8, 4) is 44.5 Å². The Labute approximate surface area is 512 Å². The molecule has 5 heterocycles. The van der Waals surface area contributed by atoms with Gasteiger partial charge in [0.15, 0.2) is 0 Å². The van der Waals surface area contributed by atoms with Crippen LogP contribution < -0.4 is 21.4 Å². The van der Waals surface area contributed by atoms with Crippen LogP contribution in [0.1, 0.15) is 233 Å². The normalized spacial score (nSPS) is 13.9. The summed E-state index contributed by atoms with van der Waals surface area (Å²) in [4.78, 5) is 23.2. The second kappa shape index (κ2) is 21.1. The van der Waals surface area contributed by atoms with Gasteiger partial charge in [-0.15, -0.1) is 22.1 Å². The number of benzene rings is 4. The molecule has 8 bridgehead atoms. The Morgan fingerprint density at radius 1 is 0.277 bits per heavy atom. The topological polar surface area (TPSA) is 106 Å². The molecule has 4 aromatic carbocycles. The molecule has 0 aliphatic carbocycles. The molecule has 0 atom stereocenters. The molecule has 0 saturated heterocycles. The SMILES string of the molecule is CC(C)(C)c1cc(-c2c3nc(c(-c4cc(C(C)(C)C)cc(C(C)(C)C)c4)c4ccc([n-]4)c(-c4cc(C(C)(C)C)cc(C(C)(C)C)c4)c4nc(c(-c5cc(C(C)(C)C)cc(C(C)(C)C)c5)c5ccc2[n-]5)C(N)=C4N)C=C3)cc(C(C)(C)C)c1.[Pd+2]. The van der Waals surface area contributed by atoms with Crippen LogP contribution in [0.3, 0.4) is 0 Å². The van der Waals surface area contributed by atoms with E-state index in [1.54, 1.807) is 0 Å². The van der Waals surface area contributed by atoms with Crippen LogP contribution in [0.15, 0.2) is 97.1 Å². The van der Waals surface area contributed by atoms with Crippen LogP contribution in [0, 0.1) is 0 Å². The Kier molecular flexibility index (Phi) is 15.9. The Morgan fingerprint density at radius 3 is 0.675 bits per heavy atom. The van der Waals surface area contributed by atoms with Crippen molar-refractivity contribution in [3.63, 3.8) is 0 Å². The third-order valence-corrected chi connectivity index (χ3v) is 16.8. The fourth-order valence-electron chi connectivity index (χ4n) is 11.0. The Balaban J connectivity index is 0.00000900. The molecule has 2 aliphatic heterocycles. The van der Waals surface area contributed by atoms with Crippen molar-refractivity contribution in [1.29, 1.82) is 0 Å². The van der Waals surface area contributed by atoms with Crippen molar-refractivity contribution in [1.82, 2.24) is 19.9 Å². The zero-order valence-corrected chi connectivity index (χ0v) is 56.2. The minimum absolute atomic E-state index is 0. The summed E-state index contributed by atoms with van der Waals surface area (Å²) >= 11 is 0. The van der Waals surface area contributed by atoms with E-state index in [0.29, 0.717) is 22.8 Å². The fourth-order valence-corrected chi connectivity index (χ4v) is 11.0. The van der Waals surface area contributed by atoms with Gasteiger partial charge in [-0.05, 0) is 144 Å². The zero-order chi connectivity index (χ0) is 60.6. The third kappa shape index (κ3) is 12.6. The quantitative estimate of drug-likeness (QED) is 0.170. The molecule has 0 unspecified atom stereocenters. The largest absolute Gasteiger partial charge is 2.00 e. The van der Waals surface area contributed by atoms with E-state index in [0.717, 1.165) is 78.0 Å². The summed E-state index contributed by atoms with van der Waals surface area (Å²) in [6.45, 7) is 54.9. The Bertz CT molecular complexity index is 3560. The number of rotatable bonds is 4. The van der Waals surface area contributed by atoms with E-state index in [1.807, 2.05) is 0 Å². The van der Waals surface area contributed by atoms with Gasteiger partial charge in [0, 0.05) is 0 Å². The van der Waals surface area contributed by atoms with Crippen molar-refractivity contribution < 1.29 is 20.4 Å². The number of nitrogens with zero attached hydrogens (tertiary/aromatic N) is 4. The smallest absolute Gasteiger partial charge is 0.657 e. The molecular formula is C76H94N6Pd. The van der Waals surface area contributed by atoms with E-state index >= 15 is 0 Å². The van der Waals surface area contributed by atoms with Crippen LogP contribution in [-0.4, -0.2) is 9.97 Å². The summed E-state index contributed by atoms with van der Waals surface area (Å²) in [5, 5.41) is 0. The first-order chi connectivity index (χ1) is 37.5. The second-order valence-electron chi connectivity index (χ2n) is 32.0.